The van der Waals surface area contributed by atoms with Crippen molar-refractivity contribution in [2.24, 2.45) is 10.2 Å². The van der Waals surface area contributed by atoms with Gasteiger partial charge >= 0.3 is 0 Å². The lowest BCUT2D eigenvalue weighted by atomic mass is 10.1. The van der Waals surface area contributed by atoms with E-state index in [1.807, 2.05) is 13.0 Å². The summed E-state index contributed by atoms with van der Waals surface area (Å²) in [6.45, 7) is 3.63. The van der Waals surface area contributed by atoms with Crippen LogP contribution in [0.15, 0.2) is 33.2 Å². The van der Waals surface area contributed by atoms with Crippen LogP contribution < -0.4 is 5.56 Å². The summed E-state index contributed by atoms with van der Waals surface area (Å²) < 4.78 is 1.11. The summed E-state index contributed by atoms with van der Waals surface area (Å²) in [6, 6.07) is 6.75. The molecule has 0 fully saturated rings. The molecule has 1 aromatic heterocycles. The first-order valence-electron chi connectivity index (χ1n) is 7.14. The average Bonchev–Trinajstić information content (AvgIpc) is 2.54. The predicted molar refractivity (Wildman–Crippen MR) is 92.7 cm³/mol. The topological polar surface area (TPSA) is 90.7 Å². The minimum Gasteiger partial charge on any atom is -0.493 e. The van der Waals surface area contributed by atoms with Gasteiger partial charge in [-0.3, -0.25) is 9.36 Å². The molecule has 1 N–H and O–H groups in total. The highest BCUT2D eigenvalue weighted by Gasteiger charge is 2.18. The number of rotatable bonds is 4. The molecule has 2 rings (SSSR count). The van der Waals surface area contributed by atoms with Crippen molar-refractivity contribution in [1.82, 2.24) is 4.57 Å². The number of benzene rings is 1. The van der Waals surface area contributed by atoms with Gasteiger partial charge in [-0.15, -0.1) is 10.2 Å². The van der Waals surface area contributed by atoms with Crippen molar-refractivity contribution >= 4 is 34.6 Å². The molecule has 0 radical (unpaired) electrons. The van der Waals surface area contributed by atoms with Crippen LogP contribution in [0.3, 0.4) is 0 Å². The van der Waals surface area contributed by atoms with E-state index in [0.717, 1.165) is 4.57 Å². The number of halogens is 2. The van der Waals surface area contributed by atoms with Gasteiger partial charge in [-0.2, -0.15) is 5.26 Å². The maximum absolute atomic E-state index is 12.5. The third-order valence-electron chi connectivity index (χ3n) is 3.40. The lowest BCUT2D eigenvalue weighted by Gasteiger charge is -2.12. The Balaban J connectivity index is 2.67. The Morgan fingerprint density at radius 1 is 1.25 bits per heavy atom. The van der Waals surface area contributed by atoms with Gasteiger partial charge in [0.15, 0.2) is 5.69 Å². The van der Waals surface area contributed by atoms with E-state index in [-0.39, 0.29) is 45.0 Å². The second-order valence-corrected chi connectivity index (χ2v) is 5.83. The van der Waals surface area contributed by atoms with Crippen LogP contribution >= 0.6 is 23.2 Å². The fraction of sp³-hybridized carbons (Fsp3) is 0.250. The second kappa shape index (κ2) is 7.47. The van der Waals surface area contributed by atoms with E-state index in [1.54, 1.807) is 18.2 Å². The molecule has 0 amide bonds. The predicted octanol–water partition coefficient (Wildman–Crippen LogP) is 4.87. The summed E-state index contributed by atoms with van der Waals surface area (Å²) in [5, 5.41) is 27.8. The van der Waals surface area contributed by atoms with Gasteiger partial charge in [-0.05, 0) is 25.5 Å². The van der Waals surface area contributed by atoms with E-state index in [2.05, 4.69) is 10.2 Å². The molecule has 24 heavy (non-hydrogen) atoms. The summed E-state index contributed by atoms with van der Waals surface area (Å²) in [6.07, 6.45) is 0.605. The highest BCUT2D eigenvalue weighted by molar-refractivity contribution is 6.38. The van der Waals surface area contributed by atoms with E-state index in [0.29, 0.717) is 6.42 Å². The zero-order valence-corrected chi connectivity index (χ0v) is 14.6. The van der Waals surface area contributed by atoms with Crippen molar-refractivity contribution in [2.75, 3.05) is 0 Å². The Morgan fingerprint density at radius 3 is 2.38 bits per heavy atom. The van der Waals surface area contributed by atoms with Crippen LogP contribution in [0.2, 0.25) is 10.0 Å². The Labute approximate surface area is 148 Å². The number of hydrogen-bond donors (Lipinski definition) is 1. The quantitative estimate of drug-likeness (QED) is 0.784. The summed E-state index contributed by atoms with van der Waals surface area (Å²) in [4.78, 5) is 12.5. The zero-order valence-electron chi connectivity index (χ0n) is 13.0. The molecule has 0 bridgehead atoms. The number of pyridine rings is 1. The van der Waals surface area contributed by atoms with E-state index in [1.165, 1.54) is 6.92 Å². The first-order chi connectivity index (χ1) is 11.4. The van der Waals surface area contributed by atoms with Gasteiger partial charge in [0.05, 0.1) is 10.0 Å². The fourth-order valence-corrected chi connectivity index (χ4v) is 2.65. The lowest BCUT2D eigenvalue weighted by Crippen LogP contribution is -2.21. The molecule has 0 aliphatic rings. The van der Waals surface area contributed by atoms with Gasteiger partial charge in [0.1, 0.15) is 17.3 Å². The minimum atomic E-state index is -0.530. The first-order valence-corrected chi connectivity index (χ1v) is 7.90. The summed E-state index contributed by atoms with van der Waals surface area (Å²) in [5.74, 6) is -0.364. The highest BCUT2D eigenvalue weighted by Crippen LogP contribution is 2.34. The Kier molecular flexibility index (Phi) is 5.60. The van der Waals surface area contributed by atoms with Crippen LogP contribution in [0.4, 0.5) is 11.4 Å². The molecule has 6 nitrogen and oxygen atoms in total. The standard InChI is InChI=1S/C16H14Cl2N4O2/c1-3-7-22-15(23)10(8-19)9(2)13(16(22)24)20-21-14-11(17)5-4-6-12(14)18/h4-6,23H,3,7H2,1-2H3. The largest absolute Gasteiger partial charge is 0.493 e. The van der Waals surface area contributed by atoms with Crippen molar-refractivity contribution < 1.29 is 5.11 Å². The van der Waals surface area contributed by atoms with Crippen LogP contribution in [0.1, 0.15) is 24.5 Å². The van der Waals surface area contributed by atoms with Crippen molar-refractivity contribution in [2.45, 2.75) is 26.8 Å². The highest BCUT2D eigenvalue weighted by atomic mass is 35.5. The van der Waals surface area contributed by atoms with Crippen molar-refractivity contribution in [1.29, 1.82) is 5.26 Å². The maximum atomic E-state index is 12.5. The molecule has 1 aromatic carbocycles. The van der Waals surface area contributed by atoms with Crippen LogP contribution in [0.25, 0.3) is 0 Å². The van der Waals surface area contributed by atoms with Gasteiger partial charge in [-0.25, -0.2) is 0 Å². The number of azo groups is 1. The molecule has 0 saturated heterocycles. The number of nitriles is 1. The van der Waals surface area contributed by atoms with Crippen molar-refractivity contribution in [3.63, 3.8) is 0 Å². The van der Waals surface area contributed by atoms with Crippen LogP contribution in [-0.2, 0) is 6.54 Å². The van der Waals surface area contributed by atoms with Crippen LogP contribution in [0.5, 0.6) is 5.88 Å². The Hall–Kier alpha value is -2.36. The first kappa shape index (κ1) is 18.0. The van der Waals surface area contributed by atoms with E-state index >= 15 is 0 Å². The van der Waals surface area contributed by atoms with Crippen molar-refractivity contribution in [3.8, 4) is 11.9 Å². The molecule has 8 heteroatoms. The average molecular weight is 365 g/mol. The van der Waals surface area contributed by atoms with Gasteiger partial charge in [0.2, 0.25) is 5.88 Å². The molecule has 0 unspecified atom stereocenters. The monoisotopic (exact) mass is 364 g/mol. The summed E-state index contributed by atoms with van der Waals surface area (Å²) in [7, 11) is 0. The Bertz CT molecular complexity index is 894. The second-order valence-electron chi connectivity index (χ2n) is 5.01. The van der Waals surface area contributed by atoms with Gasteiger partial charge in [-0.1, -0.05) is 36.2 Å². The smallest absolute Gasteiger partial charge is 0.281 e. The molecular weight excluding hydrogens is 351 g/mol. The summed E-state index contributed by atoms with van der Waals surface area (Å²) in [5.41, 5.74) is -0.0960. The van der Waals surface area contributed by atoms with Crippen LogP contribution in [-0.4, -0.2) is 9.67 Å². The van der Waals surface area contributed by atoms with Crippen molar-refractivity contribution in [3.05, 3.63) is 49.7 Å². The fourth-order valence-electron chi connectivity index (χ4n) is 2.17. The van der Waals surface area contributed by atoms with Gasteiger partial charge in [0, 0.05) is 12.1 Å². The van der Waals surface area contributed by atoms with Crippen LogP contribution in [0, 0.1) is 18.3 Å². The molecule has 124 valence electrons. The SMILES string of the molecule is CCCn1c(O)c(C#N)c(C)c(N=Nc2c(Cl)cccc2Cl)c1=O. The maximum Gasteiger partial charge on any atom is 0.281 e. The molecule has 2 aromatic rings. The third-order valence-corrected chi connectivity index (χ3v) is 4.01. The van der Waals surface area contributed by atoms with E-state index in [4.69, 9.17) is 23.2 Å². The Morgan fingerprint density at radius 2 is 1.83 bits per heavy atom. The number of hydrogen-bond acceptors (Lipinski definition) is 5. The number of aromatic hydroxyl groups is 1. The molecular formula is C16H14Cl2N4O2. The lowest BCUT2D eigenvalue weighted by molar-refractivity contribution is 0.402. The minimum absolute atomic E-state index is 0.0118. The molecule has 1 heterocycles. The zero-order chi connectivity index (χ0) is 17.9. The normalized spacial score (nSPS) is 11.0. The molecule has 0 aliphatic carbocycles. The number of nitrogens with zero attached hydrogens (tertiary/aromatic N) is 4. The number of aromatic nitrogens is 1. The third kappa shape index (κ3) is 3.28. The molecule has 0 aliphatic heterocycles. The summed E-state index contributed by atoms with van der Waals surface area (Å²) >= 11 is 12.1. The van der Waals surface area contributed by atoms with Gasteiger partial charge in [0.25, 0.3) is 5.56 Å². The molecule has 0 spiro atoms. The van der Waals surface area contributed by atoms with Gasteiger partial charge < -0.3 is 5.11 Å². The van der Waals surface area contributed by atoms with E-state index < -0.39 is 5.56 Å². The van der Waals surface area contributed by atoms with E-state index in [9.17, 15) is 15.2 Å². The molecule has 0 atom stereocenters. The molecule has 0 saturated carbocycles.